The van der Waals surface area contributed by atoms with E-state index >= 15 is 0 Å². The van der Waals surface area contributed by atoms with Gasteiger partial charge in [0.1, 0.15) is 19.0 Å². The van der Waals surface area contributed by atoms with Gasteiger partial charge in [0.15, 0.2) is 0 Å². The summed E-state index contributed by atoms with van der Waals surface area (Å²) in [5.74, 6) is 0.694. The molecule has 1 N–H and O–H groups in total. The van der Waals surface area contributed by atoms with E-state index in [9.17, 15) is 9.59 Å². The molecule has 3 rings (SSSR count). The van der Waals surface area contributed by atoms with Crippen molar-refractivity contribution in [3.05, 3.63) is 54.6 Å². The van der Waals surface area contributed by atoms with Gasteiger partial charge in [0.2, 0.25) is 11.8 Å². The monoisotopic (exact) mass is 354 g/mol. The molecule has 0 aromatic heterocycles. The number of rotatable bonds is 8. The largest absolute Gasteiger partial charge is 0.491 e. The Labute approximate surface area is 152 Å². The summed E-state index contributed by atoms with van der Waals surface area (Å²) >= 11 is 0. The number of para-hydroxylation sites is 1. The van der Waals surface area contributed by atoms with Gasteiger partial charge >= 0.3 is 0 Å². The zero-order valence-corrected chi connectivity index (χ0v) is 14.5. The quantitative estimate of drug-likeness (QED) is 0.740. The van der Waals surface area contributed by atoms with E-state index in [1.165, 1.54) is 0 Å². The van der Waals surface area contributed by atoms with Crippen molar-refractivity contribution >= 4 is 23.2 Å². The second-order valence-corrected chi connectivity index (χ2v) is 5.96. The minimum absolute atomic E-state index is 0.0372. The first kappa shape index (κ1) is 17.9. The Bertz CT molecular complexity index is 731. The Hall–Kier alpha value is -2.86. The first-order chi connectivity index (χ1) is 12.7. The van der Waals surface area contributed by atoms with Crippen LogP contribution in [0.3, 0.4) is 0 Å². The first-order valence-corrected chi connectivity index (χ1v) is 8.68. The van der Waals surface area contributed by atoms with E-state index in [0.29, 0.717) is 25.3 Å². The van der Waals surface area contributed by atoms with Crippen molar-refractivity contribution in [1.82, 2.24) is 0 Å². The highest BCUT2D eigenvalue weighted by molar-refractivity contribution is 5.96. The molecule has 0 bridgehead atoms. The van der Waals surface area contributed by atoms with Crippen LogP contribution < -0.4 is 15.0 Å². The van der Waals surface area contributed by atoms with E-state index in [1.54, 1.807) is 17.0 Å². The molecule has 2 aromatic rings. The first-order valence-electron chi connectivity index (χ1n) is 8.68. The van der Waals surface area contributed by atoms with E-state index in [1.807, 2.05) is 42.5 Å². The Kier molecular flexibility index (Phi) is 6.22. The fourth-order valence-corrected chi connectivity index (χ4v) is 2.74. The lowest BCUT2D eigenvalue weighted by atomic mass is 10.2. The summed E-state index contributed by atoms with van der Waals surface area (Å²) in [4.78, 5) is 25.4. The molecule has 0 unspecified atom stereocenters. The summed E-state index contributed by atoms with van der Waals surface area (Å²) in [7, 11) is 0. The molecule has 0 radical (unpaired) electrons. The summed E-state index contributed by atoms with van der Waals surface area (Å²) in [6.45, 7) is 1.43. The van der Waals surface area contributed by atoms with Crippen LogP contribution in [0.25, 0.3) is 0 Å². The molecule has 1 aliphatic heterocycles. The summed E-state index contributed by atoms with van der Waals surface area (Å²) in [5.41, 5.74) is 1.54. The topological polar surface area (TPSA) is 67.9 Å². The average Bonchev–Trinajstić information content (AvgIpc) is 3.09. The molecule has 0 aliphatic carbocycles. The van der Waals surface area contributed by atoms with Crippen LogP contribution in [0.15, 0.2) is 54.6 Å². The van der Waals surface area contributed by atoms with Crippen LogP contribution in [0.5, 0.6) is 5.75 Å². The van der Waals surface area contributed by atoms with Gasteiger partial charge in [0.05, 0.1) is 6.61 Å². The number of amides is 2. The Morgan fingerprint density at radius 3 is 2.50 bits per heavy atom. The number of nitrogens with one attached hydrogen (secondary N) is 1. The van der Waals surface area contributed by atoms with Crippen molar-refractivity contribution in [2.75, 3.05) is 36.6 Å². The third kappa shape index (κ3) is 5.07. The minimum Gasteiger partial charge on any atom is -0.491 e. The second-order valence-electron chi connectivity index (χ2n) is 5.96. The van der Waals surface area contributed by atoms with Gasteiger partial charge in [0, 0.05) is 24.3 Å². The molecule has 2 amide bonds. The Morgan fingerprint density at radius 1 is 1.04 bits per heavy atom. The maximum absolute atomic E-state index is 11.9. The van der Waals surface area contributed by atoms with Crippen LogP contribution in [0.4, 0.5) is 11.4 Å². The third-order valence-corrected chi connectivity index (χ3v) is 4.01. The van der Waals surface area contributed by atoms with Crippen LogP contribution in [0, 0.1) is 0 Å². The van der Waals surface area contributed by atoms with Gasteiger partial charge < -0.3 is 19.7 Å². The Morgan fingerprint density at radius 2 is 1.81 bits per heavy atom. The number of nitrogens with zero attached hydrogens (tertiary/aromatic N) is 1. The van der Waals surface area contributed by atoms with Gasteiger partial charge in [0.25, 0.3) is 0 Å². The molecule has 1 fully saturated rings. The molecule has 26 heavy (non-hydrogen) atoms. The normalized spacial score (nSPS) is 13.7. The maximum atomic E-state index is 11.9. The van der Waals surface area contributed by atoms with E-state index in [4.69, 9.17) is 9.47 Å². The molecule has 6 heteroatoms. The second kappa shape index (κ2) is 9.01. The maximum Gasteiger partial charge on any atom is 0.250 e. The summed E-state index contributed by atoms with van der Waals surface area (Å²) < 4.78 is 10.8. The lowest BCUT2D eigenvalue weighted by molar-refractivity contribution is -0.121. The van der Waals surface area contributed by atoms with Crippen molar-refractivity contribution in [3.8, 4) is 5.75 Å². The number of benzene rings is 2. The van der Waals surface area contributed by atoms with E-state index in [-0.39, 0.29) is 18.4 Å². The van der Waals surface area contributed by atoms with Gasteiger partial charge in [-0.2, -0.15) is 0 Å². The standard InChI is InChI=1S/C20H22N2O4/c23-19(15-25-13-14-26-18-5-2-1-3-6-18)21-16-8-10-17(11-9-16)22-12-4-7-20(22)24/h1-3,5-6,8-11H,4,7,12-15H2,(H,21,23). The lowest BCUT2D eigenvalue weighted by Gasteiger charge is -2.16. The van der Waals surface area contributed by atoms with Gasteiger partial charge in [-0.25, -0.2) is 0 Å². The van der Waals surface area contributed by atoms with Crippen molar-refractivity contribution in [2.45, 2.75) is 12.8 Å². The highest BCUT2D eigenvalue weighted by Crippen LogP contribution is 2.22. The predicted octanol–water partition coefficient (Wildman–Crippen LogP) is 2.85. The van der Waals surface area contributed by atoms with Gasteiger partial charge in [-0.1, -0.05) is 18.2 Å². The average molecular weight is 354 g/mol. The summed E-state index contributed by atoms with van der Waals surface area (Å²) in [6, 6.07) is 16.7. The molecule has 0 spiro atoms. The molecule has 2 aromatic carbocycles. The number of hydrogen-bond acceptors (Lipinski definition) is 4. The van der Waals surface area contributed by atoms with E-state index < -0.39 is 0 Å². The van der Waals surface area contributed by atoms with E-state index in [0.717, 1.165) is 24.4 Å². The molecule has 136 valence electrons. The number of ether oxygens (including phenoxy) is 2. The molecular formula is C20H22N2O4. The van der Waals surface area contributed by atoms with Crippen LogP contribution in [-0.4, -0.2) is 38.2 Å². The minimum atomic E-state index is -0.227. The Balaban J connectivity index is 1.36. The molecule has 1 aliphatic rings. The van der Waals surface area contributed by atoms with E-state index in [2.05, 4.69) is 5.32 Å². The number of carbonyl (C=O) groups excluding carboxylic acids is 2. The van der Waals surface area contributed by atoms with Gasteiger partial charge in [-0.05, 0) is 42.8 Å². The zero-order chi connectivity index (χ0) is 18.2. The SMILES string of the molecule is O=C(COCCOc1ccccc1)Nc1ccc(N2CCCC2=O)cc1. The summed E-state index contributed by atoms with van der Waals surface area (Å²) in [5, 5.41) is 2.77. The van der Waals surface area contributed by atoms with Crippen LogP contribution in [0.2, 0.25) is 0 Å². The molecule has 0 saturated carbocycles. The molecular weight excluding hydrogens is 332 g/mol. The zero-order valence-electron chi connectivity index (χ0n) is 14.5. The van der Waals surface area contributed by atoms with Crippen molar-refractivity contribution in [1.29, 1.82) is 0 Å². The molecule has 6 nitrogen and oxygen atoms in total. The highest BCUT2D eigenvalue weighted by atomic mass is 16.5. The summed E-state index contributed by atoms with van der Waals surface area (Å²) in [6.07, 6.45) is 1.49. The van der Waals surface area contributed by atoms with Crippen LogP contribution >= 0.6 is 0 Å². The van der Waals surface area contributed by atoms with Crippen molar-refractivity contribution in [2.24, 2.45) is 0 Å². The fraction of sp³-hybridized carbons (Fsp3) is 0.300. The third-order valence-electron chi connectivity index (χ3n) is 4.01. The highest BCUT2D eigenvalue weighted by Gasteiger charge is 2.21. The van der Waals surface area contributed by atoms with Crippen molar-refractivity contribution < 1.29 is 19.1 Å². The number of carbonyl (C=O) groups is 2. The molecule has 1 heterocycles. The van der Waals surface area contributed by atoms with Gasteiger partial charge in [-0.3, -0.25) is 9.59 Å². The van der Waals surface area contributed by atoms with Crippen molar-refractivity contribution in [3.63, 3.8) is 0 Å². The van der Waals surface area contributed by atoms with Crippen LogP contribution in [0.1, 0.15) is 12.8 Å². The van der Waals surface area contributed by atoms with Gasteiger partial charge in [-0.15, -0.1) is 0 Å². The lowest BCUT2D eigenvalue weighted by Crippen LogP contribution is -2.23. The smallest absolute Gasteiger partial charge is 0.250 e. The predicted molar refractivity (Wildman–Crippen MR) is 99.4 cm³/mol. The number of hydrogen-bond donors (Lipinski definition) is 1. The molecule has 0 atom stereocenters. The van der Waals surface area contributed by atoms with Crippen LogP contribution in [-0.2, 0) is 14.3 Å². The molecule has 1 saturated heterocycles. The fourth-order valence-electron chi connectivity index (χ4n) is 2.74. The number of anilines is 2.